The van der Waals surface area contributed by atoms with Crippen LogP contribution < -0.4 is 5.73 Å². The maximum Gasteiger partial charge on any atom is 0.309 e. The molecule has 4 nitrogen and oxygen atoms in total. The average molecular weight is 276 g/mol. The van der Waals surface area contributed by atoms with Crippen molar-refractivity contribution in [2.24, 2.45) is 5.92 Å². The van der Waals surface area contributed by atoms with Crippen molar-refractivity contribution in [2.75, 3.05) is 32.0 Å². The van der Waals surface area contributed by atoms with Crippen LogP contribution in [0.4, 0.5) is 5.69 Å². The van der Waals surface area contributed by atoms with Gasteiger partial charge < -0.3 is 15.4 Å². The van der Waals surface area contributed by atoms with Gasteiger partial charge in [-0.05, 0) is 57.0 Å². The Kier molecular flexibility index (Phi) is 5.41. The molecule has 0 bridgehead atoms. The van der Waals surface area contributed by atoms with E-state index in [1.54, 1.807) is 0 Å². The predicted octanol–water partition coefficient (Wildman–Crippen LogP) is 2.09. The molecule has 1 aliphatic heterocycles. The summed E-state index contributed by atoms with van der Waals surface area (Å²) in [5.41, 5.74) is 7.80. The minimum Gasteiger partial charge on any atom is -0.466 e. The summed E-state index contributed by atoms with van der Waals surface area (Å²) in [6.07, 6.45) is 2.87. The summed E-state index contributed by atoms with van der Waals surface area (Å²) in [6, 6.07) is 8.06. The molecule has 0 unspecified atom stereocenters. The van der Waals surface area contributed by atoms with Crippen LogP contribution >= 0.6 is 0 Å². The summed E-state index contributed by atoms with van der Waals surface area (Å²) in [6.45, 7) is 5.35. The van der Waals surface area contributed by atoms with Gasteiger partial charge in [-0.3, -0.25) is 4.79 Å². The zero-order valence-electron chi connectivity index (χ0n) is 12.2. The maximum atomic E-state index is 11.7. The standard InChI is InChI=1S/C16H24N2O2/c1-2-20-16(19)14-8-11-18(12-9-14)10-7-13-3-5-15(17)6-4-13/h3-6,14H,2,7-12,17H2,1H3. The van der Waals surface area contributed by atoms with E-state index >= 15 is 0 Å². The molecule has 4 heteroatoms. The van der Waals surface area contributed by atoms with Gasteiger partial charge in [0.2, 0.25) is 0 Å². The first-order valence-electron chi connectivity index (χ1n) is 7.42. The van der Waals surface area contributed by atoms with E-state index in [9.17, 15) is 4.79 Å². The van der Waals surface area contributed by atoms with Crippen molar-refractivity contribution in [3.05, 3.63) is 29.8 Å². The number of anilines is 1. The number of carbonyl (C=O) groups excluding carboxylic acids is 1. The van der Waals surface area contributed by atoms with E-state index in [-0.39, 0.29) is 11.9 Å². The second-order valence-corrected chi connectivity index (χ2v) is 5.36. The molecule has 20 heavy (non-hydrogen) atoms. The molecule has 1 saturated heterocycles. The van der Waals surface area contributed by atoms with Gasteiger partial charge in [-0.15, -0.1) is 0 Å². The van der Waals surface area contributed by atoms with Crippen molar-refractivity contribution < 1.29 is 9.53 Å². The van der Waals surface area contributed by atoms with Gasteiger partial charge >= 0.3 is 5.97 Å². The molecule has 1 heterocycles. The molecule has 1 aromatic rings. The molecule has 110 valence electrons. The number of ether oxygens (including phenoxy) is 1. The molecule has 0 saturated carbocycles. The molecule has 0 amide bonds. The number of nitrogens with zero attached hydrogens (tertiary/aromatic N) is 1. The van der Waals surface area contributed by atoms with E-state index in [1.165, 1.54) is 5.56 Å². The molecule has 1 aliphatic rings. The lowest BCUT2D eigenvalue weighted by atomic mass is 9.96. The Hall–Kier alpha value is -1.55. The molecule has 0 atom stereocenters. The summed E-state index contributed by atoms with van der Waals surface area (Å²) in [4.78, 5) is 14.1. The van der Waals surface area contributed by atoms with Crippen LogP contribution in [0.3, 0.4) is 0 Å². The number of esters is 1. The van der Waals surface area contributed by atoms with Gasteiger partial charge in [-0.1, -0.05) is 12.1 Å². The number of carbonyl (C=O) groups is 1. The van der Waals surface area contributed by atoms with Crippen LogP contribution in [0, 0.1) is 5.92 Å². The molecule has 1 aromatic carbocycles. The Morgan fingerprint density at radius 1 is 1.30 bits per heavy atom. The molecule has 0 aromatic heterocycles. The van der Waals surface area contributed by atoms with E-state index in [1.807, 2.05) is 19.1 Å². The van der Waals surface area contributed by atoms with E-state index in [0.29, 0.717) is 6.61 Å². The van der Waals surface area contributed by atoms with Crippen LogP contribution in [0.2, 0.25) is 0 Å². The van der Waals surface area contributed by atoms with Gasteiger partial charge in [0.15, 0.2) is 0 Å². The number of nitrogen functional groups attached to an aromatic ring is 1. The Morgan fingerprint density at radius 3 is 2.55 bits per heavy atom. The number of likely N-dealkylation sites (tertiary alicyclic amines) is 1. The van der Waals surface area contributed by atoms with Crippen molar-refractivity contribution in [1.82, 2.24) is 4.90 Å². The van der Waals surface area contributed by atoms with E-state index in [0.717, 1.165) is 44.6 Å². The second kappa shape index (κ2) is 7.29. The molecule has 1 fully saturated rings. The summed E-state index contributed by atoms with van der Waals surface area (Å²) in [7, 11) is 0. The quantitative estimate of drug-likeness (QED) is 0.661. The van der Waals surface area contributed by atoms with Gasteiger partial charge in [0.1, 0.15) is 0 Å². The molecule has 0 aliphatic carbocycles. The monoisotopic (exact) mass is 276 g/mol. The van der Waals surface area contributed by atoms with Crippen LogP contribution in [-0.2, 0) is 16.0 Å². The van der Waals surface area contributed by atoms with Gasteiger partial charge in [-0.2, -0.15) is 0 Å². The predicted molar refractivity (Wildman–Crippen MR) is 80.4 cm³/mol. The molecule has 2 N–H and O–H groups in total. The first-order chi connectivity index (χ1) is 9.69. The maximum absolute atomic E-state index is 11.7. The second-order valence-electron chi connectivity index (χ2n) is 5.36. The average Bonchev–Trinajstić information content (AvgIpc) is 2.47. The molecule has 0 spiro atoms. The third kappa shape index (κ3) is 4.23. The van der Waals surface area contributed by atoms with Crippen LogP contribution in [-0.4, -0.2) is 37.1 Å². The van der Waals surface area contributed by atoms with Crippen LogP contribution in [0.5, 0.6) is 0 Å². The Balaban J connectivity index is 1.72. The lowest BCUT2D eigenvalue weighted by molar-refractivity contribution is -0.149. The van der Waals surface area contributed by atoms with Crippen molar-refractivity contribution in [2.45, 2.75) is 26.2 Å². The van der Waals surface area contributed by atoms with E-state index in [2.05, 4.69) is 17.0 Å². The van der Waals surface area contributed by atoms with Gasteiger partial charge in [0.25, 0.3) is 0 Å². The van der Waals surface area contributed by atoms with Crippen molar-refractivity contribution in [3.63, 3.8) is 0 Å². The Bertz CT molecular complexity index is 423. The smallest absolute Gasteiger partial charge is 0.309 e. The summed E-state index contributed by atoms with van der Waals surface area (Å²) >= 11 is 0. The Morgan fingerprint density at radius 2 is 1.95 bits per heavy atom. The van der Waals surface area contributed by atoms with Crippen molar-refractivity contribution in [3.8, 4) is 0 Å². The number of benzene rings is 1. The molecule has 0 radical (unpaired) electrons. The lowest BCUT2D eigenvalue weighted by Gasteiger charge is -2.30. The fraction of sp³-hybridized carbons (Fsp3) is 0.562. The summed E-state index contributed by atoms with van der Waals surface area (Å²) < 4.78 is 5.09. The normalized spacial score (nSPS) is 17.1. The van der Waals surface area contributed by atoms with Gasteiger partial charge in [0.05, 0.1) is 12.5 Å². The summed E-state index contributed by atoms with van der Waals surface area (Å²) in [5, 5.41) is 0. The fourth-order valence-corrected chi connectivity index (χ4v) is 2.62. The number of rotatable bonds is 5. The lowest BCUT2D eigenvalue weighted by Crippen LogP contribution is -2.38. The van der Waals surface area contributed by atoms with Crippen LogP contribution in [0.1, 0.15) is 25.3 Å². The molecular formula is C16H24N2O2. The highest BCUT2D eigenvalue weighted by molar-refractivity contribution is 5.72. The first kappa shape index (κ1) is 14.9. The molecule has 2 rings (SSSR count). The number of hydrogen-bond acceptors (Lipinski definition) is 4. The van der Waals surface area contributed by atoms with Crippen LogP contribution in [0.25, 0.3) is 0 Å². The van der Waals surface area contributed by atoms with Gasteiger partial charge in [-0.25, -0.2) is 0 Å². The third-order valence-electron chi connectivity index (χ3n) is 3.90. The van der Waals surface area contributed by atoms with Gasteiger partial charge in [0, 0.05) is 12.2 Å². The van der Waals surface area contributed by atoms with E-state index < -0.39 is 0 Å². The minimum atomic E-state index is -0.0225. The SMILES string of the molecule is CCOC(=O)C1CCN(CCc2ccc(N)cc2)CC1. The topological polar surface area (TPSA) is 55.6 Å². The van der Waals surface area contributed by atoms with Crippen molar-refractivity contribution in [1.29, 1.82) is 0 Å². The number of hydrogen-bond donors (Lipinski definition) is 1. The number of nitrogens with two attached hydrogens (primary N) is 1. The zero-order valence-corrected chi connectivity index (χ0v) is 12.2. The van der Waals surface area contributed by atoms with Crippen LogP contribution in [0.15, 0.2) is 24.3 Å². The largest absolute Gasteiger partial charge is 0.466 e. The number of piperidine rings is 1. The summed E-state index contributed by atoms with van der Waals surface area (Å²) in [5.74, 6) is 0.0772. The highest BCUT2D eigenvalue weighted by atomic mass is 16.5. The molecular weight excluding hydrogens is 252 g/mol. The fourth-order valence-electron chi connectivity index (χ4n) is 2.62. The Labute approximate surface area is 120 Å². The highest BCUT2D eigenvalue weighted by Gasteiger charge is 2.25. The highest BCUT2D eigenvalue weighted by Crippen LogP contribution is 2.19. The third-order valence-corrected chi connectivity index (χ3v) is 3.90. The zero-order chi connectivity index (χ0) is 14.4. The van der Waals surface area contributed by atoms with Crippen molar-refractivity contribution >= 4 is 11.7 Å². The van der Waals surface area contributed by atoms with E-state index in [4.69, 9.17) is 10.5 Å². The minimum absolute atomic E-state index is 0.0225. The first-order valence-corrected chi connectivity index (χ1v) is 7.42.